The topological polar surface area (TPSA) is 111 Å². The summed E-state index contributed by atoms with van der Waals surface area (Å²) in [6.45, 7) is 1.73. The van der Waals surface area contributed by atoms with E-state index in [2.05, 4.69) is 16.0 Å². The first kappa shape index (κ1) is 14.1. The van der Waals surface area contributed by atoms with Gasteiger partial charge in [-0.2, -0.15) is 0 Å². The van der Waals surface area contributed by atoms with Gasteiger partial charge in [0.1, 0.15) is 5.75 Å². The number of phenolic OH excluding ortho intramolecular Hbond substituents is 1. The highest BCUT2D eigenvalue weighted by molar-refractivity contribution is 5.93. The Morgan fingerprint density at radius 2 is 1.95 bits per heavy atom. The van der Waals surface area contributed by atoms with Crippen molar-refractivity contribution < 1.29 is 19.8 Å². The molecule has 0 atom stereocenters. The van der Waals surface area contributed by atoms with Crippen LogP contribution in [0.1, 0.15) is 23.2 Å². The maximum absolute atomic E-state index is 11.8. The summed E-state index contributed by atoms with van der Waals surface area (Å²) in [5.41, 5.74) is 0.147. The Labute approximate surface area is 116 Å². The van der Waals surface area contributed by atoms with Crippen LogP contribution in [0.5, 0.6) is 5.75 Å². The van der Waals surface area contributed by atoms with E-state index in [-0.39, 0.29) is 23.0 Å². The Morgan fingerprint density at radius 3 is 2.55 bits per heavy atom. The fraction of sp³-hybridized carbons (Fsp3) is 0.385. The number of amides is 2. The molecule has 2 rings (SSSR count). The van der Waals surface area contributed by atoms with Gasteiger partial charge in [-0.1, -0.05) is 0 Å². The van der Waals surface area contributed by atoms with Gasteiger partial charge < -0.3 is 26.2 Å². The lowest BCUT2D eigenvalue weighted by Gasteiger charge is -2.23. The third-order valence-electron chi connectivity index (χ3n) is 3.17. The number of rotatable bonds is 3. The van der Waals surface area contributed by atoms with Crippen LogP contribution in [0, 0.1) is 0 Å². The summed E-state index contributed by atoms with van der Waals surface area (Å²) < 4.78 is 0. The molecule has 108 valence electrons. The molecule has 20 heavy (non-hydrogen) atoms. The Balaban J connectivity index is 1.95. The summed E-state index contributed by atoms with van der Waals surface area (Å²) >= 11 is 0. The van der Waals surface area contributed by atoms with Crippen molar-refractivity contribution in [2.24, 2.45) is 0 Å². The van der Waals surface area contributed by atoms with Crippen LogP contribution < -0.4 is 16.0 Å². The normalized spacial score (nSPS) is 15.6. The minimum atomic E-state index is -1.13. The monoisotopic (exact) mass is 279 g/mol. The van der Waals surface area contributed by atoms with Crippen molar-refractivity contribution in [1.82, 2.24) is 10.6 Å². The lowest BCUT2D eigenvalue weighted by atomic mass is 10.1. The van der Waals surface area contributed by atoms with Crippen molar-refractivity contribution in [2.45, 2.75) is 18.9 Å². The number of carboxylic acids is 1. The zero-order valence-electron chi connectivity index (χ0n) is 10.8. The predicted octanol–water partition coefficient (Wildman–Crippen LogP) is 0.964. The number of urea groups is 1. The highest BCUT2D eigenvalue weighted by atomic mass is 16.4. The number of aromatic carboxylic acids is 1. The van der Waals surface area contributed by atoms with Gasteiger partial charge in [-0.15, -0.1) is 0 Å². The van der Waals surface area contributed by atoms with E-state index in [1.54, 1.807) is 0 Å². The third kappa shape index (κ3) is 3.61. The van der Waals surface area contributed by atoms with E-state index in [0.717, 1.165) is 32.0 Å². The number of benzene rings is 1. The van der Waals surface area contributed by atoms with Gasteiger partial charge >= 0.3 is 12.0 Å². The van der Waals surface area contributed by atoms with Crippen LogP contribution in [-0.2, 0) is 0 Å². The number of hydrogen-bond acceptors (Lipinski definition) is 4. The number of hydrogen-bond donors (Lipinski definition) is 5. The molecule has 1 aliphatic rings. The van der Waals surface area contributed by atoms with Crippen LogP contribution >= 0.6 is 0 Å². The molecular weight excluding hydrogens is 262 g/mol. The van der Waals surface area contributed by atoms with E-state index in [1.807, 2.05) is 0 Å². The number of nitrogens with one attached hydrogen (secondary N) is 3. The Bertz CT molecular complexity index is 512. The molecule has 1 aliphatic heterocycles. The van der Waals surface area contributed by atoms with Crippen molar-refractivity contribution in [3.8, 4) is 5.75 Å². The highest BCUT2D eigenvalue weighted by Gasteiger charge is 2.16. The van der Waals surface area contributed by atoms with E-state index >= 15 is 0 Å². The number of piperidine rings is 1. The lowest BCUT2D eigenvalue weighted by Crippen LogP contribution is -2.44. The van der Waals surface area contributed by atoms with Crippen molar-refractivity contribution in [3.05, 3.63) is 23.8 Å². The largest absolute Gasteiger partial charge is 0.506 e. The van der Waals surface area contributed by atoms with Gasteiger partial charge in [0.15, 0.2) is 0 Å². The van der Waals surface area contributed by atoms with Gasteiger partial charge in [-0.05, 0) is 44.1 Å². The minimum Gasteiger partial charge on any atom is -0.506 e. The molecule has 2 amide bonds. The molecule has 0 unspecified atom stereocenters. The summed E-state index contributed by atoms with van der Waals surface area (Å²) in [6, 6.07) is 3.48. The standard InChI is InChI=1S/C13H17N3O4/c17-11-7-8(12(18)19)1-2-10(11)16-13(20)15-9-3-5-14-6-4-9/h1-2,7,9,14,17H,3-6H2,(H,18,19)(H2,15,16,20). The molecule has 7 heteroatoms. The highest BCUT2D eigenvalue weighted by Crippen LogP contribution is 2.24. The summed E-state index contributed by atoms with van der Waals surface area (Å²) in [7, 11) is 0. The summed E-state index contributed by atoms with van der Waals surface area (Å²) in [5, 5.41) is 27.0. The minimum absolute atomic E-state index is 0.0354. The Kier molecular flexibility index (Phi) is 4.41. The number of phenols is 1. The number of carboxylic acid groups (broad SMARTS) is 1. The molecule has 5 N–H and O–H groups in total. The zero-order valence-corrected chi connectivity index (χ0v) is 10.8. The van der Waals surface area contributed by atoms with E-state index in [4.69, 9.17) is 5.11 Å². The molecular formula is C13H17N3O4. The number of anilines is 1. The van der Waals surface area contributed by atoms with E-state index in [0.29, 0.717) is 0 Å². The molecule has 0 aliphatic carbocycles. The van der Waals surface area contributed by atoms with Gasteiger partial charge in [0, 0.05) is 6.04 Å². The van der Waals surface area contributed by atoms with Gasteiger partial charge in [-0.3, -0.25) is 0 Å². The predicted molar refractivity (Wildman–Crippen MR) is 73.1 cm³/mol. The van der Waals surface area contributed by atoms with Crippen molar-refractivity contribution in [3.63, 3.8) is 0 Å². The Hall–Kier alpha value is -2.28. The fourth-order valence-corrected chi connectivity index (χ4v) is 2.08. The third-order valence-corrected chi connectivity index (χ3v) is 3.17. The number of carbonyl (C=O) groups is 2. The molecule has 1 saturated heterocycles. The molecule has 1 heterocycles. The van der Waals surface area contributed by atoms with E-state index in [9.17, 15) is 14.7 Å². The Morgan fingerprint density at radius 1 is 1.25 bits per heavy atom. The van der Waals surface area contributed by atoms with Crippen LogP contribution in [0.4, 0.5) is 10.5 Å². The van der Waals surface area contributed by atoms with E-state index in [1.165, 1.54) is 12.1 Å². The fourth-order valence-electron chi connectivity index (χ4n) is 2.08. The van der Waals surface area contributed by atoms with Crippen LogP contribution in [0.25, 0.3) is 0 Å². The smallest absolute Gasteiger partial charge is 0.335 e. The summed E-state index contributed by atoms with van der Waals surface area (Å²) in [5.74, 6) is -1.41. The second kappa shape index (κ2) is 6.25. The van der Waals surface area contributed by atoms with Crippen LogP contribution in [0.3, 0.4) is 0 Å². The number of aromatic hydroxyl groups is 1. The molecule has 0 aromatic heterocycles. The molecule has 0 spiro atoms. The van der Waals surface area contributed by atoms with Crippen LogP contribution in [-0.4, -0.2) is 41.3 Å². The maximum Gasteiger partial charge on any atom is 0.335 e. The van der Waals surface area contributed by atoms with Gasteiger partial charge in [0.25, 0.3) is 0 Å². The summed E-state index contributed by atoms with van der Waals surface area (Å²) in [4.78, 5) is 22.5. The molecule has 7 nitrogen and oxygen atoms in total. The average molecular weight is 279 g/mol. The molecule has 0 bridgehead atoms. The quantitative estimate of drug-likeness (QED) is 0.529. The van der Waals surface area contributed by atoms with Crippen LogP contribution in [0.15, 0.2) is 18.2 Å². The first-order chi connectivity index (χ1) is 9.56. The zero-order chi connectivity index (χ0) is 14.5. The molecule has 1 aromatic carbocycles. The molecule has 0 radical (unpaired) electrons. The van der Waals surface area contributed by atoms with Crippen molar-refractivity contribution in [1.29, 1.82) is 0 Å². The lowest BCUT2D eigenvalue weighted by molar-refractivity contribution is 0.0696. The van der Waals surface area contributed by atoms with Gasteiger partial charge in [0.05, 0.1) is 11.3 Å². The average Bonchev–Trinajstić information content (AvgIpc) is 2.42. The first-order valence-electron chi connectivity index (χ1n) is 6.41. The van der Waals surface area contributed by atoms with Gasteiger partial charge in [0.2, 0.25) is 0 Å². The van der Waals surface area contributed by atoms with E-state index < -0.39 is 12.0 Å². The van der Waals surface area contributed by atoms with Crippen molar-refractivity contribution in [2.75, 3.05) is 18.4 Å². The summed E-state index contributed by atoms with van der Waals surface area (Å²) in [6.07, 6.45) is 1.72. The molecule has 1 aromatic rings. The van der Waals surface area contributed by atoms with Gasteiger partial charge in [-0.25, -0.2) is 9.59 Å². The maximum atomic E-state index is 11.8. The molecule has 0 saturated carbocycles. The number of carbonyl (C=O) groups excluding carboxylic acids is 1. The first-order valence-corrected chi connectivity index (χ1v) is 6.41. The molecule has 1 fully saturated rings. The second-order valence-electron chi connectivity index (χ2n) is 4.66. The van der Waals surface area contributed by atoms with Crippen LogP contribution in [0.2, 0.25) is 0 Å². The van der Waals surface area contributed by atoms with Crippen molar-refractivity contribution >= 4 is 17.7 Å². The second-order valence-corrected chi connectivity index (χ2v) is 4.66. The SMILES string of the molecule is O=C(Nc1ccc(C(=O)O)cc1O)NC1CCNCC1.